The highest BCUT2D eigenvalue weighted by molar-refractivity contribution is 7.92. The molecule has 0 saturated carbocycles. The Morgan fingerprint density at radius 3 is 2.59 bits per heavy atom. The van der Waals surface area contributed by atoms with Crippen LogP contribution in [0.5, 0.6) is 0 Å². The first-order valence-electron chi connectivity index (χ1n) is 9.11. The number of carbonyl (C=O) groups is 1. The van der Waals surface area contributed by atoms with Crippen molar-refractivity contribution in [2.75, 3.05) is 11.0 Å². The maximum Gasteiger partial charge on any atom is 0.240 e. The lowest BCUT2D eigenvalue weighted by Gasteiger charge is -2.21. The highest BCUT2D eigenvalue weighted by Gasteiger charge is 2.33. The van der Waals surface area contributed by atoms with Crippen molar-refractivity contribution in [3.8, 4) is 0 Å². The highest BCUT2D eigenvalue weighted by Crippen LogP contribution is 2.37. The molecule has 2 aromatic carbocycles. The van der Waals surface area contributed by atoms with Crippen LogP contribution >= 0.6 is 0 Å². The van der Waals surface area contributed by atoms with E-state index in [9.17, 15) is 13.2 Å². The molecule has 1 atom stereocenters. The molecule has 3 aromatic rings. The quantitative estimate of drug-likeness (QED) is 0.717. The minimum atomic E-state index is -3.45. The number of hydrazone groups is 1. The van der Waals surface area contributed by atoms with E-state index in [1.807, 2.05) is 36.4 Å². The second kappa shape index (κ2) is 7.29. The second-order valence-corrected chi connectivity index (χ2v) is 8.72. The van der Waals surface area contributed by atoms with Gasteiger partial charge in [-0.2, -0.15) is 5.10 Å². The molecule has 0 spiro atoms. The fourth-order valence-corrected chi connectivity index (χ4v) is 4.22. The summed E-state index contributed by atoms with van der Waals surface area (Å²) in [5.74, 6) is -0.181. The van der Waals surface area contributed by atoms with Gasteiger partial charge in [0.1, 0.15) is 0 Å². The summed E-state index contributed by atoms with van der Waals surface area (Å²) < 4.78 is 26.0. The van der Waals surface area contributed by atoms with Gasteiger partial charge in [0.25, 0.3) is 0 Å². The maximum absolute atomic E-state index is 12.3. The lowest BCUT2D eigenvalue weighted by atomic mass is 9.95. The Balaban J connectivity index is 1.78. The number of carbonyl (C=O) groups excluding carboxylic acids is 1. The number of amides is 1. The molecule has 2 heterocycles. The van der Waals surface area contributed by atoms with Gasteiger partial charge in [-0.1, -0.05) is 36.4 Å². The lowest BCUT2D eigenvalue weighted by Crippen LogP contribution is -2.24. The Labute approximate surface area is 169 Å². The fourth-order valence-electron chi connectivity index (χ4n) is 3.64. The highest BCUT2D eigenvalue weighted by atomic mass is 32.2. The van der Waals surface area contributed by atoms with Crippen LogP contribution in [0.4, 0.5) is 5.69 Å². The second-order valence-electron chi connectivity index (χ2n) is 6.97. The van der Waals surface area contributed by atoms with Crippen molar-refractivity contribution in [1.82, 2.24) is 9.99 Å². The topological polar surface area (TPSA) is 91.7 Å². The van der Waals surface area contributed by atoms with Gasteiger partial charge in [0, 0.05) is 30.5 Å². The molecule has 1 N–H and O–H groups in total. The molecule has 29 heavy (non-hydrogen) atoms. The van der Waals surface area contributed by atoms with Gasteiger partial charge in [-0.05, 0) is 23.8 Å². The van der Waals surface area contributed by atoms with E-state index < -0.39 is 10.0 Å². The molecular weight excluding hydrogens is 388 g/mol. The number of benzene rings is 2. The zero-order valence-corrected chi connectivity index (χ0v) is 16.8. The van der Waals surface area contributed by atoms with Crippen LogP contribution in [0.15, 0.2) is 65.9 Å². The summed E-state index contributed by atoms with van der Waals surface area (Å²) in [6.45, 7) is 1.48. The number of nitrogens with one attached hydrogen (secondary N) is 1. The predicted molar refractivity (Wildman–Crippen MR) is 113 cm³/mol. The number of aromatic nitrogens is 1. The van der Waals surface area contributed by atoms with E-state index in [1.165, 1.54) is 11.9 Å². The molecule has 7 nitrogen and oxygen atoms in total. The van der Waals surface area contributed by atoms with Crippen molar-refractivity contribution in [2.45, 2.75) is 19.4 Å². The van der Waals surface area contributed by atoms with Gasteiger partial charge in [0.15, 0.2) is 0 Å². The number of hydrogen-bond donors (Lipinski definition) is 1. The first kappa shape index (κ1) is 19.1. The predicted octanol–water partition coefficient (Wildman–Crippen LogP) is 3.30. The third-order valence-corrected chi connectivity index (χ3v) is 5.40. The minimum absolute atomic E-state index is 0.181. The van der Waals surface area contributed by atoms with E-state index in [-0.39, 0.29) is 11.9 Å². The van der Waals surface area contributed by atoms with E-state index in [0.717, 1.165) is 22.7 Å². The van der Waals surface area contributed by atoms with Crippen LogP contribution in [0.1, 0.15) is 30.5 Å². The standard InChI is InChI=1S/C21H20N4O3S/c1-14(26)25-21(16-11-12-22-18-9-5-3-7-15(16)18)13-20(23-25)17-8-4-6-10-19(17)24-29(2,27)28/h3-12,21,24H,13H2,1-2H3/t21-/m0/s1. The van der Waals surface area contributed by atoms with Crippen LogP contribution in [0.2, 0.25) is 0 Å². The first-order chi connectivity index (χ1) is 13.8. The molecular formula is C21H20N4O3S. The molecule has 0 aliphatic carbocycles. The molecule has 1 amide bonds. The third kappa shape index (κ3) is 3.84. The maximum atomic E-state index is 12.3. The van der Waals surface area contributed by atoms with Gasteiger partial charge in [-0.15, -0.1) is 0 Å². The van der Waals surface area contributed by atoms with E-state index in [1.54, 1.807) is 24.4 Å². The normalized spacial score (nSPS) is 16.7. The number of rotatable bonds is 4. The van der Waals surface area contributed by atoms with Gasteiger partial charge in [-0.3, -0.25) is 14.5 Å². The molecule has 0 unspecified atom stereocenters. The number of sulfonamides is 1. The van der Waals surface area contributed by atoms with Crippen molar-refractivity contribution in [3.63, 3.8) is 0 Å². The Kier molecular flexibility index (Phi) is 4.79. The van der Waals surface area contributed by atoms with E-state index in [2.05, 4.69) is 14.8 Å². The molecule has 1 aliphatic rings. The van der Waals surface area contributed by atoms with Crippen LogP contribution < -0.4 is 4.72 Å². The van der Waals surface area contributed by atoms with Crippen LogP contribution in [0.25, 0.3) is 10.9 Å². The molecule has 0 saturated heterocycles. The zero-order valence-electron chi connectivity index (χ0n) is 16.0. The lowest BCUT2D eigenvalue weighted by molar-refractivity contribution is -0.130. The van der Waals surface area contributed by atoms with Crippen molar-refractivity contribution >= 4 is 38.2 Å². The van der Waals surface area contributed by atoms with E-state index in [4.69, 9.17) is 0 Å². The van der Waals surface area contributed by atoms with Gasteiger partial charge in [-0.25, -0.2) is 13.4 Å². The molecule has 0 radical (unpaired) electrons. The molecule has 1 aliphatic heterocycles. The van der Waals surface area contributed by atoms with Crippen molar-refractivity contribution < 1.29 is 13.2 Å². The molecule has 8 heteroatoms. The summed E-state index contributed by atoms with van der Waals surface area (Å²) in [4.78, 5) is 16.7. The van der Waals surface area contributed by atoms with Crippen LogP contribution in [0.3, 0.4) is 0 Å². The number of para-hydroxylation sites is 2. The van der Waals surface area contributed by atoms with Gasteiger partial charge in [0.2, 0.25) is 15.9 Å². The molecule has 1 aromatic heterocycles. The van der Waals surface area contributed by atoms with Crippen LogP contribution in [0, 0.1) is 0 Å². The van der Waals surface area contributed by atoms with E-state index >= 15 is 0 Å². The van der Waals surface area contributed by atoms with E-state index in [0.29, 0.717) is 23.4 Å². The summed E-state index contributed by atoms with van der Waals surface area (Å²) in [5.41, 5.74) is 3.56. The fraction of sp³-hybridized carbons (Fsp3) is 0.190. The Hall–Kier alpha value is -3.26. The third-order valence-electron chi connectivity index (χ3n) is 4.81. The summed E-state index contributed by atoms with van der Waals surface area (Å²) in [7, 11) is -3.45. The van der Waals surface area contributed by atoms with Gasteiger partial charge in [0.05, 0.1) is 29.2 Å². The smallest absolute Gasteiger partial charge is 0.240 e. The molecule has 0 fully saturated rings. The Morgan fingerprint density at radius 2 is 1.83 bits per heavy atom. The Morgan fingerprint density at radius 1 is 1.10 bits per heavy atom. The number of nitrogens with zero attached hydrogens (tertiary/aromatic N) is 3. The number of hydrogen-bond acceptors (Lipinski definition) is 5. The van der Waals surface area contributed by atoms with Gasteiger partial charge < -0.3 is 0 Å². The molecule has 148 valence electrons. The van der Waals surface area contributed by atoms with Crippen molar-refractivity contribution in [3.05, 3.63) is 71.9 Å². The molecule has 4 rings (SSSR count). The van der Waals surface area contributed by atoms with Crippen LogP contribution in [-0.2, 0) is 14.8 Å². The Bertz CT molecular complexity index is 1230. The SMILES string of the molecule is CC(=O)N1N=C(c2ccccc2NS(C)(=O)=O)C[C@H]1c1ccnc2ccccc12. The summed E-state index contributed by atoms with van der Waals surface area (Å²) >= 11 is 0. The summed E-state index contributed by atoms with van der Waals surface area (Å²) in [5, 5.41) is 6.99. The minimum Gasteiger partial charge on any atom is -0.283 e. The van der Waals surface area contributed by atoms with Crippen molar-refractivity contribution in [2.24, 2.45) is 5.10 Å². The summed E-state index contributed by atoms with van der Waals surface area (Å²) in [6.07, 6.45) is 3.30. The number of pyridine rings is 1. The van der Waals surface area contributed by atoms with Gasteiger partial charge >= 0.3 is 0 Å². The molecule has 0 bridgehead atoms. The average molecular weight is 408 g/mol. The van der Waals surface area contributed by atoms with Crippen molar-refractivity contribution in [1.29, 1.82) is 0 Å². The zero-order chi connectivity index (χ0) is 20.6. The monoisotopic (exact) mass is 408 g/mol. The summed E-state index contributed by atoms with van der Waals surface area (Å²) in [6, 6.07) is 16.4. The first-order valence-corrected chi connectivity index (χ1v) is 11.0. The van der Waals surface area contributed by atoms with Crippen LogP contribution in [-0.4, -0.2) is 36.3 Å². The average Bonchev–Trinajstić information content (AvgIpc) is 3.12. The number of fused-ring (bicyclic) bond motifs is 1. The number of anilines is 1. The largest absolute Gasteiger partial charge is 0.283 e.